The number of amides is 1. The minimum absolute atomic E-state index is 0.0266. The van der Waals surface area contributed by atoms with Crippen molar-refractivity contribution < 1.29 is 66.7 Å². The predicted octanol–water partition coefficient (Wildman–Crippen LogP) is 2.59. The molecule has 248 valence electrons. The molecule has 0 aliphatic carbocycles. The van der Waals surface area contributed by atoms with Gasteiger partial charge in [-0.25, -0.2) is 4.79 Å². The van der Waals surface area contributed by atoms with Crippen LogP contribution >= 0.6 is 0 Å². The van der Waals surface area contributed by atoms with Gasteiger partial charge in [0.2, 0.25) is 12.4 Å². The largest absolute Gasteiger partial charge is 0.493 e. The van der Waals surface area contributed by atoms with Gasteiger partial charge >= 0.3 is 29.8 Å². The Labute approximate surface area is 264 Å². The lowest BCUT2D eigenvalue weighted by Gasteiger charge is -2.44. The number of esters is 5. The molecule has 0 saturated carbocycles. The normalized spacial score (nSPS) is 20.3. The number of carbonyl (C=O) groups is 6. The summed E-state index contributed by atoms with van der Waals surface area (Å²) in [4.78, 5) is 72.6. The first-order chi connectivity index (χ1) is 21.8. The van der Waals surface area contributed by atoms with Crippen molar-refractivity contribution >= 4 is 41.4 Å². The van der Waals surface area contributed by atoms with Gasteiger partial charge in [0.1, 0.15) is 12.7 Å². The van der Waals surface area contributed by atoms with E-state index < -0.39 is 73.1 Å². The van der Waals surface area contributed by atoms with Crippen molar-refractivity contribution in [3.8, 4) is 11.5 Å². The molecular formula is C31H35NO14. The van der Waals surface area contributed by atoms with Crippen LogP contribution in [-0.2, 0) is 47.6 Å². The lowest BCUT2D eigenvalue weighted by molar-refractivity contribution is -0.288. The minimum atomic E-state index is -1.51. The molecule has 1 saturated heterocycles. The van der Waals surface area contributed by atoms with Crippen molar-refractivity contribution in [3.63, 3.8) is 0 Å². The molecule has 1 heterocycles. The van der Waals surface area contributed by atoms with Gasteiger partial charge in [0.25, 0.3) is 5.91 Å². The van der Waals surface area contributed by atoms with Gasteiger partial charge in [-0.2, -0.15) is 0 Å². The fourth-order valence-corrected chi connectivity index (χ4v) is 4.42. The van der Waals surface area contributed by atoms with Crippen molar-refractivity contribution in [2.75, 3.05) is 25.6 Å². The maximum atomic E-state index is 13.0. The lowest BCUT2D eigenvalue weighted by atomic mass is 9.98. The number of anilines is 1. The number of carbonyl (C=O) groups excluding carboxylic acids is 6. The van der Waals surface area contributed by atoms with Crippen molar-refractivity contribution in [2.45, 2.75) is 65.3 Å². The highest BCUT2D eigenvalue weighted by Crippen LogP contribution is 2.35. The second kappa shape index (κ2) is 16.2. The van der Waals surface area contributed by atoms with E-state index in [4.69, 9.17) is 37.9 Å². The number of ether oxygens (including phenoxy) is 8. The Morgan fingerprint density at radius 1 is 0.717 bits per heavy atom. The van der Waals surface area contributed by atoms with Crippen LogP contribution in [0, 0.1) is 0 Å². The van der Waals surface area contributed by atoms with Crippen LogP contribution in [0.5, 0.6) is 11.5 Å². The molecule has 3 rings (SSSR count). The van der Waals surface area contributed by atoms with E-state index in [-0.39, 0.29) is 23.7 Å². The zero-order chi connectivity index (χ0) is 34.0. The SMILES string of the molecule is CCOC(=O)c1ccc(NC(=O)c2ccc(O[C@@H]3O[C@@H](COC(C)=O)[C@H](OC(C)=O)[C@@H](OC(C)=O)[C@@H]3OC(C)=O)c(OC)c2)cc1. The van der Waals surface area contributed by atoms with Crippen molar-refractivity contribution in [1.29, 1.82) is 0 Å². The summed E-state index contributed by atoms with van der Waals surface area (Å²) >= 11 is 0. The number of benzene rings is 2. The summed E-state index contributed by atoms with van der Waals surface area (Å²) in [5.74, 6) is -3.94. The topological polar surface area (TPSA) is 188 Å². The highest BCUT2D eigenvalue weighted by molar-refractivity contribution is 6.05. The molecule has 2 aromatic rings. The molecule has 46 heavy (non-hydrogen) atoms. The van der Waals surface area contributed by atoms with Crippen LogP contribution in [0.3, 0.4) is 0 Å². The molecule has 0 spiro atoms. The molecule has 1 fully saturated rings. The molecule has 1 N–H and O–H groups in total. The molecule has 0 aromatic heterocycles. The highest BCUT2D eigenvalue weighted by atomic mass is 16.7. The van der Waals surface area contributed by atoms with Crippen molar-refractivity contribution in [2.24, 2.45) is 0 Å². The van der Waals surface area contributed by atoms with E-state index in [1.54, 1.807) is 19.1 Å². The van der Waals surface area contributed by atoms with Crippen LogP contribution in [-0.4, -0.2) is 86.8 Å². The van der Waals surface area contributed by atoms with Crippen molar-refractivity contribution in [1.82, 2.24) is 0 Å². The quantitative estimate of drug-likeness (QED) is 0.262. The number of rotatable bonds is 12. The highest BCUT2D eigenvalue weighted by Gasteiger charge is 2.53. The number of methoxy groups -OCH3 is 1. The molecule has 2 aromatic carbocycles. The molecule has 15 heteroatoms. The van der Waals surface area contributed by atoms with E-state index >= 15 is 0 Å². The van der Waals surface area contributed by atoms with Gasteiger partial charge in [0, 0.05) is 38.9 Å². The van der Waals surface area contributed by atoms with Crippen molar-refractivity contribution in [3.05, 3.63) is 53.6 Å². The molecule has 5 atom stereocenters. The minimum Gasteiger partial charge on any atom is -0.493 e. The Morgan fingerprint density at radius 3 is 1.87 bits per heavy atom. The summed E-state index contributed by atoms with van der Waals surface area (Å²) in [6.07, 6.45) is -6.99. The first kappa shape index (κ1) is 35.3. The van der Waals surface area contributed by atoms with Crippen LogP contribution in [0.1, 0.15) is 55.3 Å². The smallest absolute Gasteiger partial charge is 0.338 e. The molecule has 1 aliphatic heterocycles. The standard InChI is InChI=1S/C31H35NO14/c1-7-40-30(38)20-8-11-22(12-9-20)32-29(37)21-10-13-23(24(14-21)39-6)45-31-28(44-19(5)36)27(43-18(4)35)26(42-17(3)34)25(46-31)15-41-16(2)33/h8-14,25-28,31H,7,15H2,1-6H3,(H,32,37)/t25-,26-,27+,28-,31+/m0/s1. The van der Waals surface area contributed by atoms with Crippen LogP contribution in [0.4, 0.5) is 5.69 Å². The van der Waals surface area contributed by atoms with Crippen LogP contribution in [0.25, 0.3) is 0 Å². The third-order valence-corrected chi connectivity index (χ3v) is 6.27. The fourth-order valence-electron chi connectivity index (χ4n) is 4.42. The molecule has 15 nitrogen and oxygen atoms in total. The third kappa shape index (κ3) is 9.66. The first-order valence-electron chi connectivity index (χ1n) is 14.1. The Morgan fingerprint density at radius 2 is 1.30 bits per heavy atom. The summed E-state index contributed by atoms with van der Waals surface area (Å²) in [7, 11) is 1.32. The van der Waals surface area contributed by atoms with E-state index in [1.165, 1.54) is 37.4 Å². The van der Waals surface area contributed by atoms with Gasteiger partial charge in [-0.05, 0) is 49.4 Å². The molecule has 0 unspecified atom stereocenters. The predicted molar refractivity (Wildman–Crippen MR) is 156 cm³/mol. The summed E-state index contributed by atoms with van der Waals surface area (Å²) in [5, 5.41) is 2.71. The monoisotopic (exact) mass is 645 g/mol. The van der Waals surface area contributed by atoms with Crippen LogP contribution in [0.2, 0.25) is 0 Å². The zero-order valence-corrected chi connectivity index (χ0v) is 26.1. The molecule has 0 radical (unpaired) electrons. The average Bonchev–Trinajstić information content (AvgIpc) is 2.99. The second-order valence-electron chi connectivity index (χ2n) is 9.80. The number of nitrogens with one attached hydrogen (secondary N) is 1. The average molecular weight is 646 g/mol. The summed E-state index contributed by atoms with van der Waals surface area (Å²) in [6.45, 7) is 5.96. The fraction of sp³-hybridized carbons (Fsp3) is 0.419. The molecule has 0 bridgehead atoms. The van der Waals surface area contributed by atoms with Gasteiger partial charge in [0.15, 0.2) is 23.7 Å². The molecule has 1 aliphatic rings. The van der Waals surface area contributed by atoms with E-state index in [0.717, 1.165) is 27.7 Å². The summed E-state index contributed by atoms with van der Waals surface area (Å²) in [6, 6.07) is 10.3. The van der Waals surface area contributed by atoms with Gasteiger partial charge in [0.05, 0.1) is 19.3 Å². The van der Waals surface area contributed by atoms with E-state index in [2.05, 4.69) is 5.32 Å². The maximum Gasteiger partial charge on any atom is 0.338 e. The lowest BCUT2D eigenvalue weighted by Crippen LogP contribution is -2.63. The Bertz CT molecular complexity index is 1440. The second-order valence-corrected chi connectivity index (χ2v) is 9.80. The first-order valence-corrected chi connectivity index (χ1v) is 14.1. The summed E-state index contributed by atoms with van der Waals surface area (Å²) in [5.41, 5.74) is 0.903. The zero-order valence-electron chi connectivity index (χ0n) is 26.1. The Kier molecular flexibility index (Phi) is 12.4. The van der Waals surface area contributed by atoms with Gasteiger partial charge in [-0.15, -0.1) is 0 Å². The third-order valence-electron chi connectivity index (χ3n) is 6.27. The van der Waals surface area contributed by atoms with E-state index in [9.17, 15) is 28.8 Å². The van der Waals surface area contributed by atoms with Gasteiger partial charge < -0.3 is 43.2 Å². The van der Waals surface area contributed by atoms with Gasteiger partial charge in [-0.3, -0.25) is 24.0 Å². The molecule has 1 amide bonds. The van der Waals surface area contributed by atoms with Crippen LogP contribution < -0.4 is 14.8 Å². The van der Waals surface area contributed by atoms with Gasteiger partial charge in [-0.1, -0.05) is 0 Å². The van der Waals surface area contributed by atoms with E-state index in [1.807, 2.05) is 0 Å². The summed E-state index contributed by atoms with van der Waals surface area (Å²) < 4.78 is 43.6. The van der Waals surface area contributed by atoms with Crippen LogP contribution in [0.15, 0.2) is 42.5 Å². The maximum absolute atomic E-state index is 13.0. The number of hydrogen-bond donors (Lipinski definition) is 1. The Balaban J connectivity index is 1.90. The van der Waals surface area contributed by atoms with E-state index in [0.29, 0.717) is 11.3 Å². The number of hydrogen-bond acceptors (Lipinski definition) is 14. The Hall–Kier alpha value is -5.18. The molecular weight excluding hydrogens is 610 g/mol.